The summed E-state index contributed by atoms with van der Waals surface area (Å²) >= 11 is 1.46. The van der Waals surface area contributed by atoms with Gasteiger partial charge in [0.2, 0.25) is 5.91 Å². The van der Waals surface area contributed by atoms with Crippen molar-refractivity contribution >= 4 is 46.7 Å². The molecule has 0 unspecified atom stereocenters. The van der Waals surface area contributed by atoms with E-state index < -0.39 is 0 Å². The van der Waals surface area contributed by atoms with Crippen LogP contribution < -0.4 is 15.4 Å². The molecule has 30 heavy (non-hydrogen) atoms. The molecule has 0 atom stereocenters. The summed E-state index contributed by atoms with van der Waals surface area (Å²) in [7, 11) is 0. The highest BCUT2D eigenvalue weighted by atomic mass is 32.1. The monoisotopic (exact) mass is 416 g/mol. The third kappa shape index (κ3) is 4.67. The number of fused-ring (bicyclic) bond motifs is 1. The van der Waals surface area contributed by atoms with Gasteiger partial charge in [-0.15, -0.1) is 11.3 Å². The summed E-state index contributed by atoms with van der Waals surface area (Å²) in [6.45, 7) is 3.99. The first kappa shape index (κ1) is 19.7. The number of nitrogens with one attached hydrogen (secondary N) is 2. The summed E-state index contributed by atoms with van der Waals surface area (Å²) in [5.41, 5.74) is 3.63. The van der Waals surface area contributed by atoms with E-state index in [0.717, 1.165) is 26.6 Å². The first-order valence-corrected chi connectivity index (χ1v) is 10.2. The van der Waals surface area contributed by atoms with Crippen molar-refractivity contribution in [3.63, 3.8) is 0 Å². The normalized spacial score (nSPS) is 14.3. The van der Waals surface area contributed by atoms with Crippen LogP contribution in [0.25, 0.3) is 12.2 Å². The molecule has 0 saturated heterocycles. The van der Waals surface area contributed by atoms with Gasteiger partial charge in [-0.25, -0.2) is 0 Å². The fourth-order valence-electron chi connectivity index (χ4n) is 3.16. The van der Waals surface area contributed by atoms with E-state index in [9.17, 15) is 9.59 Å². The maximum Gasteiger partial charge on any atom is 0.291 e. The zero-order chi connectivity index (χ0) is 21.1. The molecule has 6 heteroatoms. The van der Waals surface area contributed by atoms with E-state index in [0.29, 0.717) is 11.4 Å². The highest BCUT2D eigenvalue weighted by Crippen LogP contribution is 2.31. The molecule has 5 nitrogen and oxygen atoms in total. The molecule has 2 N–H and O–H groups in total. The molecule has 0 spiro atoms. The number of anilines is 2. The number of carbonyl (C=O) groups excluding carboxylic acids is 2. The number of aryl methyl sites for hydroxylation is 2. The fourth-order valence-corrected chi connectivity index (χ4v) is 4.00. The number of amides is 2. The van der Waals surface area contributed by atoms with Crippen molar-refractivity contribution in [3.05, 3.63) is 87.3 Å². The molecule has 150 valence electrons. The molecule has 0 aliphatic carbocycles. The van der Waals surface area contributed by atoms with Crippen LogP contribution in [0.1, 0.15) is 20.9 Å². The Kier molecular flexibility index (Phi) is 5.50. The lowest BCUT2D eigenvalue weighted by Crippen LogP contribution is -2.23. The summed E-state index contributed by atoms with van der Waals surface area (Å²) in [5.74, 6) is 0.369. The number of hydrogen-bond acceptors (Lipinski definition) is 4. The number of ether oxygens (including phenoxy) is 1. The van der Waals surface area contributed by atoms with E-state index in [1.807, 2.05) is 50.2 Å². The average molecular weight is 417 g/mol. The minimum atomic E-state index is -0.285. The van der Waals surface area contributed by atoms with Crippen molar-refractivity contribution in [2.75, 3.05) is 10.6 Å². The molecule has 0 saturated carbocycles. The number of hydrogen-bond donors (Lipinski definition) is 2. The van der Waals surface area contributed by atoms with E-state index in [4.69, 9.17) is 4.74 Å². The largest absolute Gasteiger partial charge is 0.449 e. The molecule has 0 fully saturated rings. The van der Waals surface area contributed by atoms with Crippen molar-refractivity contribution < 1.29 is 14.3 Å². The molecule has 0 radical (unpaired) electrons. The van der Waals surface area contributed by atoms with Crippen molar-refractivity contribution in [2.24, 2.45) is 0 Å². The van der Waals surface area contributed by atoms with Crippen LogP contribution in [-0.4, -0.2) is 11.8 Å². The average Bonchev–Trinajstić information content (AvgIpc) is 3.13. The highest BCUT2D eigenvalue weighted by Gasteiger charge is 2.21. The van der Waals surface area contributed by atoms with Crippen LogP contribution in [0.15, 0.2) is 66.4 Å². The number of rotatable bonds is 4. The molecule has 2 aromatic carbocycles. The number of benzene rings is 2. The molecule has 1 aliphatic rings. The van der Waals surface area contributed by atoms with Crippen LogP contribution in [0.4, 0.5) is 11.4 Å². The van der Waals surface area contributed by atoms with Gasteiger partial charge in [0.05, 0.1) is 5.69 Å². The Bertz CT molecular complexity index is 1170. The predicted molar refractivity (Wildman–Crippen MR) is 122 cm³/mol. The predicted octanol–water partition coefficient (Wildman–Crippen LogP) is 5.39. The second kappa shape index (κ2) is 8.39. The van der Waals surface area contributed by atoms with Crippen LogP contribution in [0.5, 0.6) is 5.75 Å². The smallest absolute Gasteiger partial charge is 0.291 e. The number of thiophene rings is 1. The molecule has 1 aromatic heterocycles. The zero-order valence-electron chi connectivity index (χ0n) is 16.6. The second-order valence-corrected chi connectivity index (χ2v) is 8.15. The zero-order valence-corrected chi connectivity index (χ0v) is 17.4. The van der Waals surface area contributed by atoms with Crippen molar-refractivity contribution in [2.45, 2.75) is 13.8 Å². The van der Waals surface area contributed by atoms with Crippen molar-refractivity contribution in [1.82, 2.24) is 0 Å². The Balaban J connectivity index is 1.43. The lowest BCUT2D eigenvalue weighted by atomic mass is 10.1. The standard InChI is InChI=1S/C24H20N2O3S/c1-15-11-16(2)13-17(12-15)25-23(27)10-9-18-7-8-19(30-18)14-22-24(28)26-20-5-3-4-6-21(20)29-22/h3-14H,1-2H3,(H,25,27)(H,26,28)/b10-9+,22-14-. The van der Waals surface area contributed by atoms with E-state index in [2.05, 4.69) is 16.7 Å². The van der Waals surface area contributed by atoms with Crippen LogP contribution >= 0.6 is 11.3 Å². The summed E-state index contributed by atoms with van der Waals surface area (Å²) < 4.78 is 5.71. The Hall–Kier alpha value is -3.64. The molecular weight excluding hydrogens is 396 g/mol. The van der Waals surface area contributed by atoms with Gasteiger partial charge in [-0.1, -0.05) is 18.2 Å². The maximum absolute atomic E-state index is 12.2. The van der Waals surface area contributed by atoms with Gasteiger partial charge in [-0.05, 0) is 67.4 Å². The second-order valence-electron chi connectivity index (χ2n) is 7.00. The minimum absolute atomic E-state index is 0.195. The molecular formula is C24H20N2O3S. The van der Waals surface area contributed by atoms with E-state index in [-0.39, 0.29) is 17.6 Å². The van der Waals surface area contributed by atoms with E-state index >= 15 is 0 Å². The van der Waals surface area contributed by atoms with Gasteiger partial charge in [-0.2, -0.15) is 0 Å². The summed E-state index contributed by atoms with van der Waals surface area (Å²) in [6, 6.07) is 17.0. The Morgan fingerprint density at radius 1 is 1.03 bits per heavy atom. The van der Waals surface area contributed by atoms with Crippen molar-refractivity contribution in [1.29, 1.82) is 0 Å². The molecule has 1 aliphatic heterocycles. The fraction of sp³-hybridized carbons (Fsp3) is 0.0833. The number of carbonyl (C=O) groups is 2. The molecule has 0 bridgehead atoms. The highest BCUT2D eigenvalue weighted by molar-refractivity contribution is 7.13. The van der Waals surface area contributed by atoms with Gasteiger partial charge >= 0.3 is 0 Å². The van der Waals surface area contributed by atoms with Gasteiger partial charge < -0.3 is 15.4 Å². The maximum atomic E-state index is 12.2. The van der Waals surface area contributed by atoms with Gasteiger partial charge in [0, 0.05) is 27.6 Å². The molecule has 3 aromatic rings. The van der Waals surface area contributed by atoms with Gasteiger partial charge in [-0.3, -0.25) is 9.59 Å². The van der Waals surface area contributed by atoms with E-state index in [1.165, 1.54) is 17.4 Å². The first-order valence-electron chi connectivity index (χ1n) is 9.43. The number of para-hydroxylation sites is 2. The van der Waals surface area contributed by atoms with Crippen molar-refractivity contribution in [3.8, 4) is 5.75 Å². The third-order valence-electron chi connectivity index (χ3n) is 4.39. The van der Waals surface area contributed by atoms with Gasteiger partial charge in [0.25, 0.3) is 5.91 Å². The SMILES string of the molecule is Cc1cc(C)cc(NC(=O)/C=C/c2ccc(/C=C3\Oc4ccccc4NC3=O)s2)c1. The summed E-state index contributed by atoms with van der Waals surface area (Å²) in [5, 5.41) is 5.69. The summed E-state index contributed by atoms with van der Waals surface area (Å²) in [6.07, 6.45) is 4.95. The quantitative estimate of drug-likeness (QED) is 0.561. The lowest BCUT2D eigenvalue weighted by Gasteiger charge is -2.19. The molecule has 2 amide bonds. The van der Waals surface area contributed by atoms with Crippen LogP contribution in [0.3, 0.4) is 0 Å². The Labute approximate surface area is 178 Å². The molecule has 2 heterocycles. The minimum Gasteiger partial charge on any atom is -0.449 e. The van der Waals surface area contributed by atoms with Crippen LogP contribution in [-0.2, 0) is 9.59 Å². The summed E-state index contributed by atoms with van der Waals surface area (Å²) in [4.78, 5) is 26.2. The van der Waals surface area contributed by atoms with Crippen LogP contribution in [0.2, 0.25) is 0 Å². The Morgan fingerprint density at radius 2 is 1.77 bits per heavy atom. The lowest BCUT2D eigenvalue weighted by molar-refractivity contribution is -0.115. The third-order valence-corrected chi connectivity index (χ3v) is 5.39. The van der Waals surface area contributed by atoms with E-state index in [1.54, 1.807) is 24.3 Å². The Morgan fingerprint density at radius 3 is 2.57 bits per heavy atom. The molecule has 4 rings (SSSR count). The van der Waals surface area contributed by atoms with Gasteiger partial charge in [0.1, 0.15) is 0 Å². The van der Waals surface area contributed by atoms with Crippen LogP contribution in [0, 0.1) is 13.8 Å². The topological polar surface area (TPSA) is 67.4 Å². The first-order chi connectivity index (χ1) is 14.5. The van der Waals surface area contributed by atoms with Gasteiger partial charge in [0.15, 0.2) is 11.5 Å².